The summed E-state index contributed by atoms with van der Waals surface area (Å²) >= 11 is 0. The van der Waals surface area contributed by atoms with Crippen molar-refractivity contribution >= 4 is 11.8 Å². The van der Waals surface area contributed by atoms with Crippen molar-refractivity contribution in [2.24, 2.45) is 11.7 Å². The van der Waals surface area contributed by atoms with Crippen molar-refractivity contribution in [1.82, 2.24) is 5.32 Å². The number of benzene rings is 1. The van der Waals surface area contributed by atoms with Gasteiger partial charge in [0.05, 0.1) is 0 Å². The van der Waals surface area contributed by atoms with E-state index in [1.54, 1.807) is 0 Å². The van der Waals surface area contributed by atoms with Crippen molar-refractivity contribution in [3.8, 4) is 5.75 Å². The average Bonchev–Trinajstić information content (AvgIpc) is 2.54. The Balaban J connectivity index is 2.16. The Morgan fingerprint density at radius 3 is 2.33 bits per heavy atom. The third kappa shape index (κ3) is 4.08. The van der Waals surface area contributed by atoms with Gasteiger partial charge in [-0.15, -0.1) is 0 Å². The van der Waals surface area contributed by atoms with E-state index in [9.17, 15) is 9.59 Å². The SMILES string of the molecule is Cc1ccccc1O[C@H](C(=O)NC1(C(N)=O)CCCCC1)C(C)C. The van der Waals surface area contributed by atoms with Crippen LogP contribution in [0.15, 0.2) is 24.3 Å². The van der Waals surface area contributed by atoms with Crippen LogP contribution >= 0.6 is 0 Å². The van der Waals surface area contributed by atoms with E-state index in [0.29, 0.717) is 18.6 Å². The molecule has 5 heteroatoms. The van der Waals surface area contributed by atoms with Gasteiger partial charge in [0.25, 0.3) is 5.91 Å². The highest BCUT2D eigenvalue weighted by Gasteiger charge is 2.41. The Bertz CT molecular complexity index is 592. The number of hydrogen-bond donors (Lipinski definition) is 2. The van der Waals surface area contributed by atoms with Gasteiger partial charge < -0.3 is 15.8 Å². The minimum atomic E-state index is -0.933. The van der Waals surface area contributed by atoms with Crippen LogP contribution < -0.4 is 15.8 Å². The van der Waals surface area contributed by atoms with Crippen LogP contribution in [0.1, 0.15) is 51.5 Å². The first-order valence-electron chi connectivity index (χ1n) is 8.70. The number of aryl methyl sites for hydroxylation is 1. The van der Waals surface area contributed by atoms with Gasteiger partial charge in [0, 0.05) is 0 Å². The lowest BCUT2D eigenvalue weighted by Crippen LogP contribution is -2.61. The number of carbonyl (C=O) groups is 2. The van der Waals surface area contributed by atoms with Gasteiger partial charge in [0.1, 0.15) is 11.3 Å². The van der Waals surface area contributed by atoms with Gasteiger partial charge in [-0.3, -0.25) is 9.59 Å². The minimum Gasteiger partial charge on any atom is -0.480 e. The van der Waals surface area contributed by atoms with Gasteiger partial charge in [-0.25, -0.2) is 0 Å². The molecular weight excluding hydrogens is 304 g/mol. The molecule has 1 aliphatic carbocycles. The lowest BCUT2D eigenvalue weighted by Gasteiger charge is -2.36. The average molecular weight is 332 g/mol. The maximum absolute atomic E-state index is 12.8. The zero-order valence-corrected chi connectivity index (χ0v) is 14.8. The number of para-hydroxylation sites is 1. The van der Waals surface area contributed by atoms with E-state index in [1.165, 1.54) is 0 Å². The lowest BCUT2D eigenvalue weighted by molar-refractivity contribution is -0.138. The Hall–Kier alpha value is -2.04. The topological polar surface area (TPSA) is 81.4 Å². The molecule has 132 valence electrons. The molecule has 0 unspecified atom stereocenters. The number of nitrogens with two attached hydrogens (primary N) is 1. The van der Waals surface area contributed by atoms with Crippen LogP contribution in [-0.2, 0) is 9.59 Å². The van der Waals surface area contributed by atoms with E-state index in [2.05, 4.69) is 5.32 Å². The maximum Gasteiger partial charge on any atom is 0.262 e. The van der Waals surface area contributed by atoms with Crippen molar-refractivity contribution in [3.63, 3.8) is 0 Å². The number of ether oxygens (including phenoxy) is 1. The summed E-state index contributed by atoms with van der Waals surface area (Å²) in [5.74, 6) is -0.0656. The molecule has 0 saturated heterocycles. The van der Waals surface area contributed by atoms with Gasteiger partial charge in [-0.2, -0.15) is 0 Å². The Morgan fingerprint density at radius 2 is 1.79 bits per heavy atom. The van der Waals surface area contributed by atoms with Crippen LogP contribution in [-0.4, -0.2) is 23.5 Å². The monoisotopic (exact) mass is 332 g/mol. The number of nitrogens with one attached hydrogen (secondary N) is 1. The van der Waals surface area contributed by atoms with Crippen LogP contribution in [0.3, 0.4) is 0 Å². The summed E-state index contributed by atoms with van der Waals surface area (Å²) in [5.41, 5.74) is 5.65. The molecule has 0 bridgehead atoms. The molecule has 1 aliphatic rings. The van der Waals surface area contributed by atoms with E-state index >= 15 is 0 Å². The molecule has 0 aromatic heterocycles. The largest absolute Gasteiger partial charge is 0.480 e. The van der Waals surface area contributed by atoms with Crippen molar-refractivity contribution in [2.75, 3.05) is 0 Å². The summed E-state index contributed by atoms with van der Waals surface area (Å²) in [6.07, 6.45) is 3.40. The van der Waals surface area contributed by atoms with E-state index in [0.717, 1.165) is 24.8 Å². The molecule has 1 atom stereocenters. The Morgan fingerprint density at radius 1 is 1.17 bits per heavy atom. The van der Waals surface area contributed by atoms with Crippen molar-refractivity contribution < 1.29 is 14.3 Å². The fourth-order valence-electron chi connectivity index (χ4n) is 3.21. The zero-order valence-electron chi connectivity index (χ0n) is 14.8. The highest BCUT2D eigenvalue weighted by molar-refractivity contribution is 5.92. The summed E-state index contributed by atoms with van der Waals surface area (Å²) in [4.78, 5) is 24.8. The molecule has 5 nitrogen and oxygen atoms in total. The maximum atomic E-state index is 12.8. The first kappa shape index (κ1) is 18.3. The second kappa shape index (κ2) is 7.69. The molecule has 1 aromatic rings. The van der Waals surface area contributed by atoms with E-state index in [-0.39, 0.29) is 11.8 Å². The Kier molecular flexibility index (Phi) is 5.86. The summed E-state index contributed by atoms with van der Waals surface area (Å²) in [5, 5.41) is 2.91. The van der Waals surface area contributed by atoms with Crippen LogP contribution in [0.4, 0.5) is 0 Å². The number of rotatable bonds is 6. The number of hydrogen-bond acceptors (Lipinski definition) is 3. The molecule has 0 spiro atoms. The molecule has 2 amide bonds. The third-order valence-electron chi connectivity index (χ3n) is 4.75. The Labute approximate surface area is 143 Å². The second-order valence-corrected chi connectivity index (χ2v) is 7.04. The number of primary amides is 1. The normalized spacial score (nSPS) is 18.0. The first-order chi connectivity index (χ1) is 11.4. The molecule has 1 aromatic carbocycles. The summed E-state index contributed by atoms with van der Waals surface area (Å²) in [6.45, 7) is 5.80. The summed E-state index contributed by atoms with van der Waals surface area (Å²) in [6, 6.07) is 7.60. The molecule has 2 rings (SSSR count). The third-order valence-corrected chi connectivity index (χ3v) is 4.75. The highest BCUT2D eigenvalue weighted by atomic mass is 16.5. The van der Waals surface area contributed by atoms with Crippen molar-refractivity contribution in [3.05, 3.63) is 29.8 Å². The standard InChI is InChI=1S/C19H28N2O3/c1-13(2)16(24-15-10-6-5-9-14(15)3)17(22)21-19(18(20)23)11-7-4-8-12-19/h5-6,9-10,13,16H,4,7-8,11-12H2,1-3H3,(H2,20,23)(H,21,22)/t16-/m0/s1. The van der Waals surface area contributed by atoms with E-state index in [4.69, 9.17) is 10.5 Å². The fraction of sp³-hybridized carbons (Fsp3) is 0.579. The van der Waals surface area contributed by atoms with Crippen LogP contribution in [0.2, 0.25) is 0 Å². The number of amides is 2. The first-order valence-corrected chi connectivity index (χ1v) is 8.70. The lowest BCUT2D eigenvalue weighted by atomic mass is 9.80. The van der Waals surface area contributed by atoms with Gasteiger partial charge in [-0.05, 0) is 37.3 Å². The predicted molar refractivity (Wildman–Crippen MR) is 93.6 cm³/mol. The van der Waals surface area contributed by atoms with Crippen molar-refractivity contribution in [2.45, 2.75) is 64.5 Å². The van der Waals surface area contributed by atoms with Crippen molar-refractivity contribution in [1.29, 1.82) is 0 Å². The zero-order chi connectivity index (χ0) is 17.7. The smallest absolute Gasteiger partial charge is 0.262 e. The van der Waals surface area contributed by atoms with Gasteiger partial charge in [0.15, 0.2) is 6.10 Å². The summed E-state index contributed by atoms with van der Waals surface area (Å²) < 4.78 is 5.97. The molecule has 0 radical (unpaired) electrons. The van der Waals surface area contributed by atoms with E-state index in [1.807, 2.05) is 45.0 Å². The van der Waals surface area contributed by atoms with E-state index < -0.39 is 17.6 Å². The molecule has 0 heterocycles. The molecule has 3 N–H and O–H groups in total. The minimum absolute atomic E-state index is 0.0295. The van der Waals surface area contributed by atoms with Crippen LogP contribution in [0, 0.1) is 12.8 Å². The van der Waals surface area contributed by atoms with Crippen LogP contribution in [0.5, 0.6) is 5.75 Å². The van der Waals surface area contributed by atoms with Gasteiger partial charge in [-0.1, -0.05) is 51.3 Å². The van der Waals surface area contributed by atoms with Gasteiger partial charge >= 0.3 is 0 Å². The summed E-state index contributed by atoms with van der Waals surface area (Å²) in [7, 11) is 0. The second-order valence-electron chi connectivity index (χ2n) is 7.04. The highest BCUT2D eigenvalue weighted by Crippen LogP contribution is 2.29. The quantitative estimate of drug-likeness (QED) is 0.840. The molecular formula is C19H28N2O3. The molecule has 0 aliphatic heterocycles. The van der Waals surface area contributed by atoms with Crippen LogP contribution in [0.25, 0.3) is 0 Å². The molecule has 1 saturated carbocycles. The fourth-order valence-corrected chi connectivity index (χ4v) is 3.21. The molecule has 1 fully saturated rings. The van der Waals surface area contributed by atoms with Gasteiger partial charge in [0.2, 0.25) is 5.91 Å². The number of carbonyl (C=O) groups excluding carboxylic acids is 2. The molecule has 24 heavy (non-hydrogen) atoms. The predicted octanol–water partition coefficient (Wildman–Crippen LogP) is 2.70.